The summed E-state index contributed by atoms with van der Waals surface area (Å²) >= 11 is 0. The maximum absolute atomic E-state index is 12.6. The van der Waals surface area contributed by atoms with Gasteiger partial charge < -0.3 is 15.7 Å². The minimum absolute atomic E-state index is 0.128. The molecule has 0 saturated heterocycles. The standard InChI is InChI=1S/C14H17F3N4O2/c1-7-10-11(18-13(23)19-12(10)22)21(20-7)6-8-2-4-9(5-3-8)14(15,16)17/h2,4-5,7-8,13,18,20,23H,3,6H2,1H3,(H,19,22)/t7-,8?,13?/m0/s1. The highest BCUT2D eigenvalue weighted by Crippen LogP contribution is 2.32. The second kappa shape index (κ2) is 5.57. The number of carbonyl (C=O) groups is 1. The number of hydrazine groups is 1. The number of aliphatic hydroxyl groups excluding tert-OH is 1. The van der Waals surface area contributed by atoms with E-state index in [2.05, 4.69) is 16.1 Å². The number of nitrogens with one attached hydrogen (secondary N) is 3. The summed E-state index contributed by atoms with van der Waals surface area (Å²) in [6.45, 7) is 2.18. The molecule has 2 heterocycles. The number of aliphatic hydroxyl groups is 1. The van der Waals surface area contributed by atoms with Gasteiger partial charge in [0.05, 0.1) is 17.2 Å². The first-order valence-corrected chi connectivity index (χ1v) is 7.24. The fourth-order valence-electron chi connectivity index (χ4n) is 2.93. The van der Waals surface area contributed by atoms with Crippen LogP contribution in [-0.2, 0) is 4.79 Å². The molecular weight excluding hydrogens is 313 g/mol. The number of carbonyl (C=O) groups excluding carboxylic acids is 1. The summed E-state index contributed by atoms with van der Waals surface area (Å²) in [5, 5.41) is 16.4. The van der Waals surface area contributed by atoms with E-state index in [-0.39, 0.29) is 24.3 Å². The first-order chi connectivity index (χ1) is 10.8. The lowest BCUT2D eigenvalue weighted by molar-refractivity contribution is -0.122. The number of hydrogen-bond acceptors (Lipinski definition) is 5. The molecule has 0 bridgehead atoms. The Morgan fingerprint density at radius 1 is 1.39 bits per heavy atom. The van der Waals surface area contributed by atoms with Gasteiger partial charge in [-0.2, -0.15) is 13.2 Å². The molecule has 9 heteroatoms. The van der Waals surface area contributed by atoms with Gasteiger partial charge in [-0.05, 0) is 19.3 Å². The van der Waals surface area contributed by atoms with Crippen molar-refractivity contribution in [1.29, 1.82) is 0 Å². The van der Waals surface area contributed by atoms with Crippen LogP contribution in [-0.4, -0.2) is 41.1 Å². The summed E-state index contributed by atoms with van der Waals surface area (Å²) in [6.07, 6.45) is -1.48. The molecule has 3 atom stereocenters. The zero-order valence-electron chi connectivity index (χ0n) is 12.3. The maximum atomic E-state index is 12.6. The lowest BCUT2D eigenvalue weighted by Crippen LogP contribution is -2.52. The first-order valence-electron chi connectivity index (χ1n) is 7.24. The normalized spacial score (nSPS) is 30.8. The average molecular weight is 330 g/mol. The maximum Gasteiger partial charge on any atom is 0.416 e. The van der Waals surface area contributed by atoms with Crippen molar-refractivity contribution in [3.8, 4) is 0 Å². The monoisotopic (exact) mass is 330 g/mol. The molecule has 0 aromatic rings. The lowest BCUT2D eigenvalue weighted by atomic mass is 9.96. The van der Waals surface area contributed by atoms with Crippen LogP contribution in [0.3, 0.4) is 0 Å². The third kappa shape index (κ3) is 3.06. The van der Waals surface area contributed by atoms with Gasteiger partial charge >= 0.3 is 6.18 Å². The van der Waals surface area contributed by atoms with Crippen molar-refractivity contribution in [3.63, 3.8) is 0 Å². The Morgan fingerprint density at radius 3 is 2.74 bits per heavy atom. The zero-order chi connectivity index (χ0) is 16.8. The van der Waals surface area contributed by atoms with Crippen molar-refractivity contribution in [2.45, 2.75) is 31.9 Å². The molecule has 0 fully saturated rings. The Kier molecular flexibility index (Phi) is 3.85. The summed E-state index contributed by atoms with van der Waals surface area (Å²) in [7, 11) is 0. The van der Waals surface area contributed by atoms with Gasteiger partial charge in [-0.25, -0.2) is 5.43 Å². The average Bonchev–Trinajstić information content (AvgIpc) is 2.74. The van der Waals surface area contributed by atoms with Crippen LogP contribution in [0.15, 0.2) is 35.2 Å². The van der Waals surface area contributed by atoms with Crippen molar-refractivity contribution in [2.75, 3.05) is 6.54 Å². The van der Waals surface area contributed by atoms with Crippen molar-refractivity contribution in [2.24, 2.45) is 5.92 Å². The minimum Gasteiger partial charge on any atom is -0.356 e. The molecule has 1 amide bonds. The Hall–Kier alpha value is -2.00. The summed E-state index contributed by atoms with van der Waals surface area (Å²) in [4.78, 5) is 11.9. The van der Waals surface area contributed by atoms with Crippen molar-refractivity contribution < 1.29 is 23.1 Å². The van der Waals surface area contributed by atoms with E-state index in [1.54, 1.807) is 11.9 Å². The number of nitrogens with zero attached hydrogens (tertiary/aromatic N) is 1. The molecule has 0 aromatic carbocycles. The van der Waals surface area contributed by atoms with Gasteiger partial charge in [0.25, 0.3) is 5.91 Å². The molecule has 4 N–H and O–H groups in total. The van der Waals surface area contributed by atoms with E-state index in [0.717, 1.165) is 6.08 Å². The third-order valence-corrected chi connectivity index (χ3v) is 4.03. The second-order valence-corrected chi connectivity index (χ2v) is 5.76. The molecule has 23 heavy (non-hydrogen) atoms. The van der Waals surface area contributed by atoms with Gasteiger partial charge in [-0.1, -0.05) is 18.2 Å². The van der Waals surface area contributed by atoms with E-state index in [9.17, 15) is 23.1 Å². The molecule has 0 saturated carbocycles. The van der Waals surface area contributed by atoms with Gasteiger partial charge in [0.1, 0.15) is 5.82 Å². The molecule has 2 unspecified atom stereocenters. The predicted octanol–water partition coefficient (Wildman–Crippen LogP) is 0.467. The molecular formula is C14H17F3N4O2. The first kappa shape index (κ1) is 15.9. The molecule has 6 nitrogen and oxygen atoms in total. The molecule has 126 valence electrons. The van der Waals surface area contributed by atoms with Crippen LogP contribution < -0.4 is 16.1 Å². The number of amides is 1. The Balaban J connectivity index is 1.70. The van der Waals surface area contributed by atoms with Gasteiger partial charge in [-0.15, -0.1) is 0 Å². The largest absolute Gasteiger partial charge is 0.416 e. The molecule has 3 rings (SSSR count). The Labute approximate surface area is 130 Å². The molecule has 2 aliphatic heterocycles. The summed E-state index contributed by atoms with van der Waals surface area (Å²) in [5.41, 5.74) is 2.92. The number of hydrogen-bond donors (Lipinski definition) is 4. The van der Waals surface area contributed by atoms with Crippen molar-refractivity contribution >= 4 is 5.91 Å². The number of allylic oxidation sites excluding steroid dienone is 3. The number of halogens is 3. The van der Waals surface area contributed by atoms with E-state index < -0.39 is 18.1 Å². The van der Waals surface area contributed by atoms with Crippen molar-refractivity contribution in [3.05, 3.63) is 35.2 Å². The summed E-state index contributed by atoms with van der Waals surface area (Å²) < 4.78 is 37.8. The van der Waals surface area contributed by atoms with E-state index in [1.807, 2.05) is 0 Å². The molecule has 3 aliphatic rings. The number of rotatable bonds is 2. The van der Waals surface area contributed by atoms with Crippen molar-refractivity contribution in [1.82, 2.24) is 21.1 Å². The smallest absolute Gasteiger partial charge is 0.356 e. The molecule has 1 aliphatic carbocycles. The highest BCUT2D eigenvalue weighted by Gasteiger charge is 2.38. The van der Waals surface area contributed by atoms with E-state index >= 15 is 0 Å². The second-order valence-electron chi connectivity index (χ2n) is 5.76. The van der Waals surface area contributed by atoms with Crippen LogP contribution in [0.5, 0.6) is 0 Å². The molecule has 0 aromatic heterocycles. The van der Waals surface area contributed by atoms with E-state index in [4.69, 9.17) is 0 Å². The van der Waals surface area contributed by atoms with Gasteiger partial charge in [0, 0.05) is 6.54 Å². The Morgan fingerprint density at radius 2 is 2.13 bits per heavy atom. The molecule has 0 spiro atoms. The minimum atomic E-state index is -4.33. The quantitative estimate of drug-likeness (QED) is 0.592. The predicted molar refractivity (Wildman–Crippen MR) is 75.0 cm³/mol. The van der Waals surface area contributed by atoms with Gasteiger partial charge in [-0.3, -0.25) is 9.80 Å². The fourth-order valence-corrected chi connectivity index (χ4v) is 2.93. The lowest BCUT2D eigenvalue weighted by Gasteiger charge is -2.30. The highest BCUT2D eigenvalue weighted by atomic mass is 19.4. The van der Waals surface area contributed by atoms with Crippen LogP contribution >= 0.6 is 0 Å². The van der Waals surface area contributed by atoms with E-state index in [1.165, 1.54) is 12.2 Å². The van der Waals surface area contributed by atoms with Crippen LogP contribution in [0.25, 0.3) is 0 Å². The third-order valence-electron chi connectivity index (χ3n) is 4.03. The summed E-state index contributed by atoms with van der Waals surface area (Å²) in [6, 6.07) is -0.251. The Bertz CT molecular complexity index is 612. The highest BCUT2D eigenvalue weighted by molar-refractivity contribution is 5.96. The summed E-state index contributed by atoms with van der Waals surface area (Å²) in [5.74, 6) is -0.0310. The SMILES string of the molecule is C[C@@H]1NN(CC2C=CC(C(F)(F)F)=CC2)C2=C1C(=O)NC(O)N2. The van der Waals surface area contributed by atoms with Crippen LogP contribution in [0, 0.1) is 5.92 Å². The van der Waals surface area contributed by atoms with E-state index in [0.29, 0.717) is 17.9 Å². The van der Waals surface area contributed by atoms with Gasteiger partial charge in [0.2, 0.25) is 6.35 Å². The molecule has 0 radical (unpaired) electrons. The van der Waals surface area contributed by atoms with Crippen LogP contribution in [0.2, 0.25) is 0 Å². The van der Waals surface area contributed by atoms with Crippen LogP contribution in [0.1, 0.15) is 13.3 Å². The van der Waals surface area contributed by atoms with Crippen LogP contribution in [0.4, 0.5) is 13.2 Å². The zero-order valence-corrected chi connectivity index (χ0v) is 12.3. The fraction of sp³-hybridized carbons (Fsp3) is 0.500. The number of alkyl halides is 3. The topological polar surface area (TPSA) is 76.6 Å². The van der Waals surface area contributed by atoms with Gasteiger partial charge in [0.15, 0.2) is 0 Å².